The molecule has 280 valence electrons. The molecular weight excluding hydrogens is 1040 g/mol. The number of benzene rings is 3. The molecule has 16 heteroatoms. The monoisotopic (exact) mass is 1070 g/mol. The second kappa shape index (κ2) is 18.1. The summed E-state index contributed by atoms with van der Waals surface area (Å²) in [6, 6.07) is 26.6. The summed E-state index contributed by atoms with van der Waals surface area (Å²) in [5.41, 5.74) is -0.157. The standard InChI is InChI=1S/C22H19Br4NO3.C15H11BrClF3N2O/c1-21(2)17(19(23)22(24,25)26)18(21)20(28)30-16(12-27)13-7-6-10-15(11-13)29-14-8-4-3-5-9-14;1-2-23-8-22-13(9-3-5-10(17)6-4-9)11(7-21)12(16)14(22)15(18,19)20/h3-11,16-19H,1-2H3;3-6H,2,8H2,1H3/t16-,17-,18+,19?;/m1./s1. The molecule has 5 rings (SSSR count). The molecule has 4 aromatic rings. The Kier molecular flexibility index (Phi) is 14.8. The lowest BCUT2D eigenvalue weighted by Gasteiger charge is -2.21. The molecule has 1 aromatic heterocycles. The zero-order valence-corrected chi connectivity index (χ0v) is 36.8. The number of ether oxygens (including phenoxy) is 3. The van der Waals surface area contributed by atoms with Gasteiger partial charge in [0.1, 0.15) is 38.2 Å². The fourth-order valence-corrected chi connectivity index (χ4v) is 8.47. The van der Waals surface area contributed by atoms with Crippen molar-refractivity contribution in [1.29, 1.82) is 10.5 Å². The van der Waals surface area contributed by atoms with Gasteiger partial charge in [-0.2, -0.15) is 23.7 Å². The number of hydrogen-bond acceptors (Lipinski definition) is 6. The van der Waals surface area contributed by atoms with Gasteiger partial charge in [0.05, 0.1) is 26.5 Å². The van der Waals surface area contributed by atoms with Crippen molar-refractivity contribution in [2.75, 3.05) is 6.61 Å². The van der Waals surface area contributed by atoms with Gasteiger partial charge >= 0.3 is 12.1 Å². The number of halogens is 9. The van der Waals surface area contributed by atoms with Crippen LogP contribution in [-0.4, -0.2) is 24.1 Å². The fourth-order valence-electron chi connectivity index (χ4n) is 5.79. The zero-order valence-electron chi connectivity index (χ0n) is 28.1. The maximum absolute atomic E-state index is 13.4. The van der Waals surface area contributed by atoms with Gasteiger partial charge < -0.3 is 18.8 Å². The highest BCUT2D eigenvalue weighted by molar-refractivity contribution is 9.40. The zero-order chi connectivity index (χ0) is 39.3. The van der Waals surface area contributed by atoms with Crippen molar-refractivity contribution < 1.29 is 32.2 Å². The highest BCUT2D eigenvalue weighted by Gasteiger charge is 2.67. The van der Waals surface area contributed by atoms with Crippen molar-refractivity contribution >= 4 is 97.2 Å². The number of hydrogen-bond donors (Lipinski definition) is 0. The third-order valence-electron chi connectivity index (χ3n) is 8.41. The number of alkyl halides is 7. The van der Waals surface area contributed by atoms with Gasteiger partial charge in [-0.05, 0) is 76.1 Å². The highest BCUT2D eigenvalue weighted by atomic mass is 80.0. The van der Waals surface area contributed by atoms with E-state index in [4.69, 9.17) is 25.8 Å². The van der Waals surface area contributed by atoms with Gasteiger partial charge in [-0.3, -0.25) is 4.79 Å². The Morgan fingerprint density at radius 2 is 1.62 bits per heavy atom. The first-order chi connectivity index (χ1) is 24.9. The van der Waals surface area contributed by atoms with Gasteiger partial charge in [0.15, 0.2) is 0 Å². The Hall–Kier alpha value is -2.37. The molecule has 1 aliphatic carbocycles. The van der Waals surface area contributed by atoms with Crippen LogP contribution >= 0.6 is 91.3 Å². The van der Waals surface area contributed by atoms with Gasteiger partial charge in [-0.25, -0.2) is 0 Å². The Morgan fingerprint density at radius 3 is 2.17 bits per heavy atom. The summed E-state index contributed by atoms with van der Waals surface area (Å²) in [4.78, 5) is 12.8. The van der Waals surface area contributed by atoms with Gasteiger partial charge in [-0.15, -0.1) is 0 Å². The van der Waals surface area contributed by atoms with Crippen LogP contribution in [0.4, 0.5) is 13.2 Å². The number of para-hydroxylation sites is 1. The average molecular weight is 1070 g/mol. The van der Waals surface area contributed by atoms with E-state index < -0.39 is 20.1 Å². The molecule has 3 aromatic carbocycles. The minimum atomic E-state index is -4.63. The summed E-state index contributed by atoms with van der Waals surface area (Å²) in [5, 5.41) is 19.4. The Bertz CT molecular complexity index is 1990. The van der Waals surface area contributed by atoms with Crippen molar-refractivity contribution in [2.24, 2.45) is 17.3 Å². The van der Waals surface area contributed by atoms with Crippen molar-refractivity contribution in [3.8, 4) is 34.9 Å². The molecule has 7 nitrogen and oxygen atoms in total. The summed E-state index contributed by atoms with van der Waals surface area (Å²) < 4.78 is 57.0. The molecule has 4 atom stereocenters. The average Bonchev–Trinajstić information content (AvgIpc) is 3.55. The second-order valence-corrected chi connectivity index (χ2v) is 21.4. The molecule has 1 unspecified atom stereocenters. The maximum atomic E-state index is 13.4. The molecule has 0 N–H and O–H groups in total. The number of carbonyl (C=O) groups is 1. The Labute approximate surface area is 352 Å². The number of rotatable bonds is 10. The van der Waals surface area contributed by atoms with E-state index in [2.05, 4.69) is 85.7 Å². The first-order valence-electron chi connectivity index (χ1n) is 15.7. The number of nitriles is 2. The third kappa shape index (κ3) is 10.5. The van der Waals surface area contributed by atoms with Crippen LogP contribution in [0.5, 0.6) is 11.5 Å². The van der Waals surface area contributed by atoms with Crippen molar-refractivity contribution in [2.45, 2.75) is 46.8 Å². The normalized spacial score (nSPS) is 17.3. The summed E-state index contributed by atoms with van der Waals surface area (Å²) in [6.07, 6.45) is -5.64. The van der Waals surface area contributed by atoms with Gasteiger partial charge in [0, 0.05) is 17.2 Å². The van der Waals surface area contributed by atoms with Crippen LogP contribution in [0.1, 0.15) is 43.7 Å². The van der Waals surface area contributed by atoms with E-state index in [1.165, 1.54) is 0 Å². The van der Waals surface area contributed by atoms with Gasteiger partial charge in [-0.1, -0.05) is 132 Å². The largest absolute Gasteiger partial charge is 0.457 e. The molecule has 0 radical (unpaired) electrons. The van der Waals surface area contributed by atoms with E-state index in [0.717, 1.165) is 4.57 Å². The SMILES string of the molecule is CC1(C)[C@H](C(=O)O[C@H](C#N)c2cccc(Oc3ccccc3)c2)[C@@H]1C(Br)C(Br)(Br)Br.CCOCn1c(-c2ccc(Cl)cc2)c(C#N)c(Br)c1C(F)(F)F. The van der Waals surface area contributed by atoms with E-state index in [1.54, 1.807) is 55.5 Å². The fraction of sp³-hybridized carbons (Fsp3) is 0.324. The molecule has 1 fully saturated rings. The lowest BCUT2D eigenvalue weighted by atomic mass is 10.1. The lowest BCUT2D eigenvalue weighted by Crippen LogP contribution is -2.23. The van der Waals surface area contributed by atoms with Crippen LogP contribution < -0.4 is 4.74 Å². The predicted molar refractivity (Wildman–Crippen MR) is 214 cm³/mol. The number of aromatic nitrogens is 1. The highest BCUT2D eigenvalue weighted by Crippen LogP contribution is 2.66. The summed E-state index contributed by atoms with van der Waals surface area (Å²) in [6.45, 7) is 5.65. The number of esters is 1. The van der Waals surface area contributed by atoms with Gasteiger partial charge in [0.2, 0.25) is 6.10 Å². The molecular formula is C37H30Br5ClF3N3O4. The van der Waals surface area contributed by atoms with Crippen LogP contribution in [0.15, 0.2) is 83.3 Å². The van der Waals surface area contributed by atoms with Crippen LogP contribution in [0, 0.1) is 39.9 Å². The smallest absolute Gasteiger partial charge is 0.432 e. The van der Waals surface area contributed by atoms with E-state index >= 15 is 0 Å². The van der Waals surface area contributed by atoms with Crippen molar-refractivity contribution in [3.63, 3.8) is 0 Å². The Morgan fingerprint density at radius 1 is 1.00 bits per heavy atom. The Balaban J connectivity index is 0.000000245. The van der Waals surface area contributed by atoms with Crippen molar-refractivity contribution in [1.82, 2.24) is 4.57 Å². The summed E-state index contributed by atoms with van der Waals surface area (Å²) in [7, 11) is 0. The van der Waals surface area contributed by atoms with Crippen LogP contribution in [-0.2, 0) is 27.2 Å². The molecule has 1 aliphatic rings. The molecule has 0 bridgehead atoms. The molecule has 0 aliphatic heterocycles. The minimum Gasteiger partial charge on any atom is -0.457 e. The lowest BCUT2D eigenvalue weighted by molar-refractivity contribution is -0.149. The molecule has 53 heavy (non-hydrogen) atoms. The van der Waals surface area contributed by atoms with E-state index in [9.17, 15) is 28.5 Å². The van der Waals surface area contributed by atoms with E-state index in [1.807, 2.05) is 50.2 Å². The van der Waals surface area contributed by atoms with Crippen molar-refractivity contribution in [3.05, 3.63) is 105 Å². The second-order valence-electron chi connectivity index (χ2n) is 12.3. The molecule has 0 saturated heterocycles. The quantitative estimate of drug-likeness (QED) is 0.116. The number of nitrogens with zero attached hydrogens (tertiary/aromatic N) is 3. The topological polar surface area (TPSA) is 97.3 Å². The van der Waals surface area contributed by atoms with E-state index in [-0.39, 0.29) is 57.1 Å². The molecule has 0 amide bonds. The number of carbonyl (C=O) groups excluding carboxylic acids is 1. The summed E-state index contributed by atoms with van der Waals surface area (Å²) >= 11 is 22.9. The van der Waals surface area contributed by atoms with Crippen LogP contribution in [0.2, 0.25) is 5.02 Å². The van der Waals surface area contributed by atoms with Crippen LogP contribution in [0.25, 0.3) is 11.3 Å². The predicted octanol–water partition coefficient (Wildman–Crippen LogP) is 12.9. The summed E-state index contributed by atoms with van der Waals surface area (Å²) in [5.74, 6) is 0.576. The van der Waals surface area contributed by atoms with E-state index in [0.29, 0.717) is 27.6 Å². The van der Waals surface area contributed by atoms with Gasteiger partial charge in [0.25, 0.3) is 0 Å². The molecule has 1 saturated carbocycles. The molecule has 0 spiro atoms. The van der Waals surface area contributed by atoms with Crippen LogP contribution in [0.3, 0.4) is 0 Å². The maximum Gasteiger partial charge on any atom is 0.432 e. The molecule has 1 heterocycles. The minimum absolute atomic E-state index is 0.0233. The first-order valence-corrected chi connectivity index (χ1v) is 20.2. The first kappa shape index (κ1) is 43.4. The third-order valence-corrected chi connectivity index (χ3v) is 14.0.